The number of nitrogens with one attached hydrogen (secondary N) is 1. The van der Waals surface area contributed by atoms with Crippen molar-refractivity contribution in [3.05, 3.63) is 88.4 Å². The van der Waals surface area contributed by atoms with Gasteiger partial charge in [-0.05, 0) is 36.8 Å². The van der Waals surface area contributed by atoms with Gasteiger partial charge < -0.3 is 9.73 Å². The van der Waals surface area contributed by atoms with Crippen LogP contribution >= 0.6 is 0 Å². The molecule has 0 aliphatic rings. The molecule has 0 saturated carbocycles. The van der Waals surface area contributed by atoms with Crippen molar-refractivity contribution in [3.63, 3.8) is 0 Å². The standard InChI is InChI=1S/C20H16N4O3/c1-13-21-8-9-24(13)19-10-14(6-7-22-19)12-23-20(26)18-11-16(25)15-4-2-3-5-17(15)27-18/h2-11H,12H2,1H3,(H,23,26). The molecule has 1 N–H and O–H groups in total. The lowest BCUT2D eigenvalue weighted by atomic mass is 10.2. The Hall–Kier alpha value is -3.74. The normalized spacial score (nSPS) is 10.9. The summed E-state index contributed by atoms with van der Waals surface area (Å²) in [6.45, 7) is 2.16. The highest BCUT2D eigenvalue weighted by molar-refractivity contribution is 5.93. The maximum Gasteiger partial charge on any atom is 0.287 e. The fraction of sp³-hybridized carbons (Fsp3) is 0.100. The highest BCUT2D eigenvalue weighted by Crippen LogP contribution is 2.12. The molecule has 0 aliphatic carbocycles. The first-order valence-corrected chi connectivity index (χ1v) is 8.38. The maximum absolute atomic E-state index is 12.4. The fourth-order valence-corrected chi connectivity index (χ4v) is 2.81. The zero-order valence-electron chi connectivity index (χ0n) is 14.5. The number of fused-ring (bicyclic) bond motifs is 1. The molecule has 134 valence electrons. The number of aryl methyl sites for hydroxylation is 1. The van der Waals surface area contributed by atoms with E-state index in [9.17, 15) is 9.59 Å². The number of benzene rings is 1. The first-order valence-electron chi connectivity index (χ1n) is 8.38. The third-order valence-corrected chi connectivity index (χ3v) is 4.19. The van der Waals surface area contributed by atoms with Crippen LogP contribution in [0, 0.1) is 6.92 Å². The van der Waals surface area contributed by atoms with E-state index in [1.807, 2.05) is 29.8 Å². The van der Waals surface area contributed by atoms with Gasteiger partial charge in [0.2, 0.25) is 0 Å². The number of imidazole rings is 1. The SMILES string of the molecule is Cc1nccn1-c1cc(CNC(=O)c2cc(=O)c3ccccc3o2)ccn1. The number of hydrogen-bond acceptors (Lipinski definition) is 5. The van der Waals surface area contributed by atoms with E-state index in [0.29, 0.717) is 16.8 Å². The summed E-state index contributed by atoms with van der Waals surface area (Å²) < 4.78 is 7.41. The van der Waals surface area contributed by atoms with Gasteiger partial charge in [0.1, 0.15) is 17.2 Å². The minimum atomic E-state index is -0.449. The van der Waals surface area contributed by atoms with Gasteiger partial charge in [-0.25, -0.2) is 9.97 Å². The lowest BCUT2D eigenvalue weighted by Crippen LogP contribution is -2.24. The van der Waals surface area contributed by atoms with E-state index in [1.165, 1.54) is 6.07 Å². The Balaban J connectivity index is 1.53. The molecule has 7 heteroatoms. The van der Waals surface area contributed by atoms with Crippen LogP contribution in [0.25, 0.3) is 16.8 Å². The van der Waals surface area contributed by atoms with Crippen LogP contribution < -0.4 is 10.7 Å². The Bertz CT molecular complexity index is 1190. The molecule has 0 saturated heterocycles. The van der Waals surface area contributed by atoms with E-state index in [1.54, 1.807) is 36.7 Å². The molecule has 0 fully saturated rings. The summed E-state index contributed by atoms with van der Waals surface area (Å²) in [5.74, 6) is 1.07. The van der Waals surface area contributed by atoms with Crippen molar-refractivity contribution in [2.75, 3.05) is 0 Å². The molecule has 0 aliphatic heterocycles. The summed E-state index contributed by atoms with van der Waals surface area (Å²) in [4.78, 5) is 33.0. The first-order chi connectivity index (χ1) is 13.1. The summed E-state index contributed by atoms with van der Waals surface area (Å²) in [6, 6.07) is 11.7. The molecule has 0 radical (unpaired) electrons. The Morgan fingerprint density at radius 2 is 2.00 bits per heavy atom. The largest absolute Gasteiger partial charge is 0.451 e. The maximum atomic E-state index is 12.4. The summed E-state index contributed by atoms with van der Waals surface area (Å²) in [7, 11) is 0. The molecule has 0 unspecified atom stereocenters. The van der Waals surface area contributed by atoms with Gasteiger partial charge in [0, 0.05) is 31.2 Å². The summed E-state index contributed by atoms with van der Waals surface area (Å²) in [5, 5.41) is 3.22. The third kappa shape index (κ3) is 3.35. The minimum absolute atomic E-state index is 0.0153. The van der Waals surface area contributed by atoms with Crippen molar-refractivity contribution in [1.82, 2.24) is 19.9 Å². The van der Waals surface area contributed by atoms with Gasteiger partial charge in [-0.1, -0.05) is 12.1 Å². The topological polar surface area (TPSA) is 90.0 Å². The Morgan fingerprint density at radius 1 is 1.15 bits per heavy atom. The number of hydrogen-bond donors (Lipinski definition) is 1. The number of para-hydroxylation sites is 1. The zero-order valence-corrected chi connectivity index (χ0v) is 14.5. The first kappa shape index (κ1) is 16.7. The number of rotatable bonds is 4. The molecule has 0 bridgehead atoms. The lowest BCUT2D eigenvalue weighted by Gasteiger charge is -2.08. The number of nitrogens with zero attached hydrogens (tertiary/aromatic N) is 3. The van der Waals surface area contributed by atoms with Gasteiger partial charge >= 0.3 is 0 Å². The lowest BCUT2D eigenvalue weighted by molar-refractivity contribution is 0.0923. The van der Waals surface area contributed by atoms with Gasteiger partial charge in [-0.15, -0.1) is 0 Å². The van der Waals surface area contributed by atoms with Crippen molar-refractivity contribution >= 4 is 16.9 Å². The molecule has 1 aromatic carbocycles. The molecular weight excluding hydrogens is 344 g/mol. The number of aromatic nitrogens is 3. The number of pyridine rings is 1. The highest BCUT2D eigenvalue weighted by Gasteiger charge is 2.12. The van der Waals surface area contributed by atoms with Crippen LogP contribution in [0.4, 0.5) is 0 Å². The van der Waals surface area contributed by atoms with E-state index in [0.717, 1.165) is 11.4 Å². The van der Waals surface area contributed by atoms with E-state index < -0.39 is 5.91 Å². The van der Waals surface area contributed by atoms with E-state index in [-0.39, 0.29) is 17.7 Å². The molecule has 1 amide bonds. The van der Waals surface area contributed by atoms with E-state index >= 15 is 0 Å². The second kappa shape index (κ2) is 6.87. The van der Waals surface area contributed by atoms with Crippen LogP contribution in [-0.4, -0.2) is 20.4 Å². The molecule has 7 nitrogen and oxygen atoms in total. The van der Waals surface area contributed by atoms with Gasteiger partial charge in [0.25, 0.3) is 5.91 Å². The Labute approximate surface area is 154 Å². The Morgan fingerprint density at radius 3 is 2.81 bits per heavy atom. The van der Waals surface area contributed by atoms with Crippen molar-refractivity contribution < 1.29 is 9.21 Å². The average Bonchev–Trinajstić information content (AvgIpc) is 3.12. The molecule has 0 spiro atoms. The zero-order chi connectivity index (χ0) is 18.8. The average molecular weight is 360 g/mol. The minimum Gasteiger partial charge on any atom is -0.451 e. The molecular formula is C20H16N4O3. The highest BCUT2D eigenvalue weighted by atomic mass is 16.3. The number of carbonyl (C=O) groups excluding carboxylic acids is 1. The molecule has 27 heavy (non-hydrogen) atoms. The second-order valence-corrected chi connectivity index (χ2v) is 6.02. The molecule has 0 atom stereocenters. The van der Waals surface area contributed by atoms with Crippen molar-refractivity contribution in [1.29, 1.82) is 0 Å². The van der Waals surface area contributed by atoms with Crippen LogP contribution in [0.3, 0.4) is 0 Å². The van der Waals surface area contributed by atoms with Crippen LogP contribution in [0.15, 0.2) is 70.3 Å². The Kier molecular flexibility index (Phi) is 4.25. The predicted molar refractivity (Wildman–Crippen MR) is 99.8 cm³/mol. The van der Waals surface area contributed by atoms with Gasteiger partial charge in [0.15, 0.2) is 11.2 Å². The quantitative estimate of drug-likeness (QED) is 0.604. The number of amides is 1. The van der Waals surface area contributed by atoms with Crippen molar-refractivity contribution in [2.45, 2.75) is 13.5 Å². The van der Waals surface area contributed by atoms with Crippen LogP contribution in [0.1, 0.15) is 21.9 Å². The van der Waals surface area contributed by atoms with Gasteiger partial charge in [0.05, 0.1) is 5.39 Å². The van der Waals surface area contributed by atoms with E-state index in [2.05, 4.69) is 15.3 Å². The summed E-state index contributed by atoms with van der Waals surface area (Å²) in [6.07, 6.45) is 5.20. The van der Waals surface area contributed by atoms with Crippen LogP contribution in [-0.2, 0) is 6.54 Å². The summed E-state index contributed by atoms with van der Waals surface area (Å²) >= 11 is 0. The summed E-state index contributed by atoms with van der Waals surface area (Å²) in [5.41, 5.74) is 1.00. The van der Waals surface area contributed by atoms with Crippen molar-refractivity contribution in [3.8, 4) is 5.82 Å². The van der Waals surface area contributed by atoms with Gasteiger partial charge in [-0.2, -0.15) is 0 Å². The van der Waals surface area contributed by atoms with Crippen LogP contribution in [0.2, 0.25) is 0 Å². The number of carbonyl (C=O) groups is 1. The van der Waals surface area contributed by atoms with E-state index in [4.69, 9.17) is 4.42 Å². The molecule has 3 heterocycles. The third-order valence-electron chi connectivity index (χ3n) is 4.19. The molecule has 4 aromatic rings. The fourth-order valence-electron chi connectivity index (χ4n) is 2.81. The monoisotopic (exact) mass is 360 g/mol. The van der Waals surface area contributed by atoms with Crippen LogP contribution in [0.5, 0.6) is 0 Å². The second-order valence-electron chi connectivity index (χ2n) is 6.02. The molecule has 3 aromatic heterocycles. The predicted octanol–water partition coefficient (Wildman–Crippen LogP) is 2.61. The smallest absolute Gasteiger partial charge is 0.287 e. The molecule has 4 rings (SSSR count). The van der Waals surface area contributed by atoms with Gasteiger partial charge in [-0.3, -0.25) is 14.2 Å². The van der Waals surface area contributed by atoms with Crippen molar-refractivity contribution in [2.24, 2.45) is 0 Å².